The Kier molecular flexibility index (Phi) is 10.2. The Labute approximate surface area is 265 Å². The lowest BCUT2D eigenvalue weighted by Gasteiger charge is -2.38. The number of nitrogens with zero attached hydrogens (tertiary/aromatic N) is 5. The summed E-state index contributed by atoms with van der Waals surface area (Å²) in [6.07, 6.45) is 5.71. The summed E-state index contributed by atoms with van der Waals surface area (Å²) in [7, 11) is 0. The number of amides is 2. The minimum Gasteiger partial charge on any atom is -0.379 e. The number of anilines is 1. The molecule has 13 heteroatoms. The molecule has 5 rings (SSSR count). The molecule has 2 aromatic carbocycles. The van der Waals surface area contributed by atoms with Crippen LogP contribution in [0.2, 0.25) is 0 Å². The first-order valence-corrected chi connectivity index (χ1v) is 14.7. The molecule has 2 atom stereocenters. The number of pyridine rings is 1. The fraction of sp³-hybridized carbons (Fsp3) is 0.273. The van der Waals surface area contributed by atoms with Crippen LogP contribution in [-0.4, -0.2) is 64.5 Å². The van der Waals surface area contributed by atoms with Crippen molar-refractivity contribution in [1.82, 2.24) is 30.5 Å². The summed E-state index contributed by atoms with van der Waals surface area (Å²) in [6.45, 7) is 4.95. The van der Waals surface area contributed by atoms with Crippen LogP contribution in [0.15, 0.2) is 79.4 Å². The van der Waals surface area contributed by atoms with Crippen LogP contribution >= 0.6 is 0 Å². The topological polar surface area (TPSA) is 171 Å². The van der Waals surface area contributed by atoms with Gasteiger partial charge in [-0.1, -0.05) is 36.4 Å². The molecule has 0 bridgehead atoms. The van der Waals surface area contributed by atoms with E-state index in [1.165, 1.54) is 43.0 Å². The van der Waals surface area contributed by atoms with E-state index in [9.17, 15) is 19.2 Å². The number of nitrogens with one attached hydrogen (secondary N) is 3. The molecule has 1 saturated heterocycles. The number of halogens is 1. The van der Waals surface area contributed by atoms with E-state index >= 15 is 0 Å². The van der Waals surface area contributed by atoms with Gasteiger partial charge in [0.05, 0.1) is 36.6 Å². The van der Waals surface area contributed by atoms with Crippen LogP contribution in [0.4, 0.5) is 10.2 Å². The summed E-state index contributed by atoms with van der Waals surface area (Å²) in [5.41, 5.74) is 8.51. The highest BCUT2D eigenvalue weighted by atomic mass is 19.1. The predicted octanol–water partition coefficient (Wildman–Crippen LogP) is 2.86. The van der Waals surface area contributed by atoms with Crippen molar-refractivity contribution in [3.05, 3.63) is 119 Å². The second-order valence-corrected chi connectivity index (χ2v) is 10.9. The van der Waals surface area contributed by atoms with Gasteiger partial charge in [0, 0.05) is 44.8 Å². The molecule has 0 unspecified atom stereocenters. The van der Waals surface area contributed by atoms with Gasteiger partial charge in [-0.05, 0) is 41.8 Å². The molecule has 5 N–H and O–H groups in total. The van der Waals surface area contributed by atoms with Crippen LogP contribution < -0.4 is 21.7 Å². The van der Waals surface area contributed by atoms with Gasteiger partial charge >= 0.3 is 0 Å². The third kappa shape index (κ3) is 8.05. The largest absolute Gasteiger partial charge is 0.379 e. The van der Waals surface area contributed by atoms with E-state index in [2.05, 4.69) is 35.8 Å². The van der Waals surface area contributed by atoms with Crippen LogP contribution in [0.5, 0.6) is 0 Å². The molecular weight excluding hydrogens is 589 g/mol. The standard InChI is InChI=1S/C33H34FN9O3/c1-22(25-4-8-27(34)9-5-25)41-31(44)28-16-24(17-35)19-40-30(28)39-18-23-2-6-26(7-3-23)33(36,21-43-12-14-46-15-13-43)42-32(45)29-20-37-10-11-38-29/h2-11,16,19-20,22H,12-15,18,21,36H2,1H3,(H,39,40)(H,41,44)(H,42,45)/t22-,33+/m0/s1. The molecule has 2 aromatic heterocycles. The molecule has 236 valence electrons. The van der Waals surface area contributed by atoms with Gasteiger partial charge in [0.2, 0.25) is 0 Å². The van der Waals surface area contributed by atoms with E-state index < -0.39 is 23.5 Å². The third-order valence-electron chi connectivity index (χ3n) is 7.62. The predicted molar refractivity (Wildman–Crippen MR) is 168 cm³/mol. The van der Waals surface area contributed by atoms with Crippen molar-refractivity contribution >= 4 is 17.6 Å². The molecule has 3 heterocycles. The van der Waals surface area contributed by atoms with Crippen molar-refractivity contribution in [2.24, 2.45) is 5.73 Å². The summed E-state index contributed by atoms with van der Waals surface area (Å²) in [5, 5.41) is 18.4. The summed E-state index contributed by atoms with van der Waals surface area (Å²) in [5.74, 6) is -0.951. The number of rotatable bonds is 11. The highest BCUT2D eigenvalue weighted by molar-refractivity contribution is 5.99. The Bertz CT molecular complexity index is 1690. The minimum absolute atomic E-state index is 0.155. The smallest absolute Gasteiger partial charge is 0.273 e. The van der Waals surface area contributed by atoms with Crippen molar-refractivity contribution in [2.75, 3.05) is 38.2 Å². The van der Waals surface area contributed by atoms with Gasteiger partial charge < -0.3 is 26.4 Å². The number of ether oxygens (including phenoxy) is 1. The number of morpholine rings is 1. The van der Waals surface area contributed by atoms with E-state index in [4.69, 9.17) is 10.5 Å². The normalized spacial score (nSPS) is 15.2. The van der Waals surface area contributed by atoms with Crippen LogP contribution in [0.1, 0.15) is 56.1 Å². The second-order valence-electron chi connectivity index (χ2n) is 10.9. The average molecular weight is 624 g/mol. The molecule has 1 aliphatic heterocycles. The molecule has 0 spiro atoms. The number of hydrogen-bond donors (Lipinski definition) is 4. The van der Waals surface area contributed by atoms with Crippen molar-refractivity contribution in [1.29, 1.82) is 5.26 Å². The number of aromatic nitrogens is 3. The second kappa shape index (κ2) is 14.7. The molecule has 1 aliphatic rings. The molecule has 46 heavy (non-hydrogen) atoms. The van der Waals surface area contributed by atoms with Gasteiger partial charge in [-0.15, -0.1) is 0 Å². The van der Waals surface area contributed by atoms with Gasteiger partial charge in [0.25, 0.3) is 11.8 Å². The molecule has 0 radical (unpaired) electrons. The number of carbonyl (C=O) groups is 2. The molecule has 0 saturated carbocycles. The Hall–Kier alpha value is -5.29. The SMILES string of the molecule is C[C@H](NC(=O)c1cc(C#N)cnc1NCc1ccc([C@@](N)(CN2CCOCC2)NC(=O)c2cnccn2)cc1)c1ccc(F)cc1. The Morgan fingerprint density at radius 3 is 2.48 bits per heavy atom. The zero-order valence-electron chi connectivity index (χ0n) is 25.2. The maximum Gasteiger partial charge on any atom is 0.273 e. The van der Waals surface area contributed by atoms with Crippen molar-refractivity contribution in [2.45, 2.75) is 25.2 Å². The third-order valence-corrected chi connectivity index (χ3v) is 7.62. The van der Waals surface area contributed by atoms with Crippen molar-refractivity contribution in [3.63, 3.8) is 0 Å². The Morgan fingerprint density at radius 2 is 1.80 bits per heavy atom. The number of nitriles is 1. The number of nitrogens with two attached hydrogens (primary N) is 1. The van der Waals surface area contributed by atoms with E-state index in [1.54, 1.807) is 19.1 Å². The van der Waals surface area contributed by atoms with Crippen LogP contribution in [0.3, 0.4) is 0 Å². The lowest BCUT2D eigenvalue weighted by atomic mass is 9.97. The molecule has 2 amide bonds. The maximum absolute atomic E-state index is 13.4. The first-order valence-electron chi connectivity index (χ1n) is 14.7. The molecule has 12 nitrogen and oxygen atoms in total. The van der Waals surface area contributed by atoms with Gasteiger partial charge in [0.15, 0.2) is 0 Å². The van der Waals surface area contributed by atoms with Crippen molar-refractivity contribution < 1.29 is 18.7 Å². The molecular formula is C33H34FN9O3. The van der Waals surface area contributed by atoms with Crippen LogP contribution in [0, 0.1) is 17.1 Å². The van der Waals surface area contributed by atoms with E-state index in [1.807, 2.05) is 30.3 Å². The quantitative estimate of drug-likeness (QED) is 0.182. The molecule has 1 fully saturated rings. The van der Waals surface area contributed by atoms with Gasteiger partial charge in [-0.25, -0.2) is 14.4 Å². The van der Waals surface area contributed by atoms with Gasteiger partial charge in [0.1, 0.15) is 29.1 Å². The van der Waals surface area contributed by atoms with Crippen LogP contribution in [-0.2, 0) is 16.9 Å². The lowest BCUT2D eigenvalue weighted by Crippen LogP contribution is -2.60. The number of benzene rings is 2. The molecule has 4 aromatic rings. The summed E-state index contributed by atoms with van der Waals surface area (Å²) in [6, 6.07) is 16.4. The Balaban J connectivity index is 1.31. The minimum atomic E-state index is -1.24. The summed E-state index contributed by atoms with van der Waals surface area (Å²) >= 11 is 0. The monoisotopic (exact) mass is 623 g/mol. The highest BCUT2D eigenvalue weighted by Crippen LogP contribution is 2.22. The maximum atomic E-state index is 13.4. The number of carbonyl (C=O) groups excluding carboxylic acids is 2. The lowest BCUT2D eigenvalue weighted by molar-refractivity contribution is 0.0232. The zero-order chi connectivity index (χ0) is 32.5. The Morgan fingerprint density at radius 1 is 1.07 bits per heavy atom. The van der Waals surface area contributed by atoms with Crippen molar-refractivity contribution in [3.8, 4) is 6.07 Å². The van der Waals surface area contributed by atoms with E-state index in [0.717, 1.165) is 11.1 Å². The van der Waals surface area contributed by atoms with Gasteiger partial charge in [-0.3, -0.25) is 19.5 Å². The highest BCUT2D eigenvalue weighted by Gasteiger charge is 2.33. The summed E-state index contributed by atoms with van der Waals surface area (Å²) in [4.78, 5) is 40.9. The average Bonchev–Trinajstić information content (AvgIpc) is 3.08. The van der Waals surface area contributed by atoms with Gasteiger partial charge in [-0.2, -0.15) is 5.26 Å². The van der Waals surface area contributed by atoms with Crippen LogP contribution in [0.25, 0.3) is 0 Å². The van der Waals surface area contributed by atoms with E-state index in [0.29, 0.717) is 50.8 Å². The fourth-order valence-electron chi connectivity index (χ4n) is 5.05. The fourth-order valence-corrected chi connectivity index (χ4v) is 5.05. The van der Waals surface area contributed by atoms with E-state index in [-0.39, 0.29) is 22.6 Å². The molecule has 0 aliphatic carbocycles. The zero-order valence-corrected chi connectivity index (χ0v) is 25.2. The first kappa shape index (κ1) is 32.1. The number of hydrogen-bond acceptors (Lipinski definition) is 10. The summed E-state index contributed by atoms with van der Waals surface area (Å²) < 4.78 is 18.8. The first-order chi connectivity index (χ1) is 22.2.